The van der Waals surface area contributed by atoms with Gasteiger partial charge in [-0.15, -0.1) is 0 Å². The van der Waals surface area contributed by atoms with Gasteiger partial charge in [0.15, 0.2) is 12.4 Å². The van der Waals surface area contributed by atoms with Gasteiger partial charge in [0.05, 0.1) is 11.9 Å². The van der Waals surface area contributed by atoms with Gasteiger partial charge in [0.2, 0.25) is 0 Å². The van der Waals surface area contributed by atoms with E-state index in [-0.39, 0.29) is 24.2 Å². The third-order valence-electron chi connectivity index (χ3n) is 4.78. The minimum atomic E-state index is -0.336. The quantitative estimate of drug-likeness (QED) is 0.679. The van der Waals surface area contributed by atoms with E-state index in [1.54, 1.807) is 34.4 Å². The Labute approximate surface area is 161 Å². The van der Waals surface area contributed by atoms with Crippen molar-refractivity contribution in [2.45, 2.75) is 18.8 Å². The predicted molar refractivity (Wildman–Crippen MR) is 99.6 cm³/mol. The summed E-state index contributed by atoms with van der Waals surface area (Å²) in [5.41, 5.74) is 0.864. The molecule has 0 spiro atoms. The number of nitrogens with zero attached hydrogens (tertiary/aromatic N) is 5. The lowest BCUT2D eigenvalue weighted by Gasteiger charge is -2.32. The normalized spacial score (nSPS) is 16.8. The first kappa shape index (κ1) is 18.1. The molecule has 1 unspecified atom stereocenters. The molecule has 1 aliphatic rings. The van der Waals surface area contributed by atoms with Crippen molar-refractivity contribution in [3.63, 3.8) is 0 Å². The fourth-order valence-electron chi connectivity index (χ4n) is 3.30. The van der Waals surface area contributed by atoms with Crippen molar-refractivity contribution in [1.82, 2.24) is 24.4 Å². The molecule has 0 N–H and O–H groups in total. The van der Waals surface area contributed by atoms with E-state index < -0.39 is 0 Å². The van der Waals surface area contributed by atoms with Crippen molar-refractivity contribution in [3.05, 3.63) is 66.9 Å². The Morgan fingerprint density at radius 3 is 2.86 bits per heavy atom. The maximum atomic E-state index is 13.0. The molecule has 0 saturated carbocycles. The molecule has 0 bridgehead atoms. The summed E-state index contributed by atoms with van der Waals surface area (Å²) in [6.45, 7) is 1.20. The van der Waals surface area contributed by atoms with Crippen LogP contribution in [-0.4, -0.2) is 50.0 Å². The number of likely N-dealkylation sites (tertiary alicyclic amines) is 1. The van der Waals surface area contributed by atoms with Gasteiger partial charge in [-0.25, -0.2) is 14.4 Å². The molecule has 4 rings (SSSR count). The number of hydrogen-bond acceptors (Lipinski definition) is 5. The monoisotopic (exact) mass is 381 g/mol. The Bertz CT molecular complexity index is 930. The molecule has 144 valence electrons. The largest absolute Gasteiger partial charge is 0.484 e. The Morgan fingerprint density at radius 2 is 2.07 bits per heavy atom. The van der Waals surface area contributed by atoms with E-state index in [1.807, 2.05) is 6.20 Å². The van der Waals surface area contributed by atoms with Crippen LogP contribution in [0.3, 0.4) is 0 Å². The second-order valence-electron chi connectivity index (χ2n) is 6.69. The Balaban J connectivity index is 1.39. The van der Waals surface area contributed by atoms with Crippen molar-refractivity contribution in [3.8, 4) is 11.6 Å². The van der Waals surface area contributed by atoms with Crippen LogP contribution in [0.5, 0.6) is 5.75 Å². The van der Waals surface area contributed by atoms with E-state index in [4.69, 9.17) is 9.72 Å². The topological polar surface area (TPSA) is 73.1 Å². The van der Waals surface area contributed by atoms with Crippen LogP contribution < -0.4 is 4.74 Å². The molecule has 3 aromatic rings. The SMILES string of the molecule is O=C(COc1ccc(F)cc1)N1CCCC(c2cncc(-n3ccnc3)n2)C1. The molecule has 1 saturated heterocycles. The van der Waals surface area contributed by atoms with E-state index in [2.05, 4.69) is 9.97 Å². The molecule has 8 heteroatoms. The minimum Gasteiger partial charge on any atom is -0.484 e. The average Bonchev–Trinajstić information content (AvgIpc) is 3.28. The summed E-state index contributed by atoms with van der Waals surface area (Å²) in [5, 5.41) is 0. The van der Waals surface area contributed by atoms with E-state index in [1.165, 1.54) is 24.3 Å². The van der Waals surface area contributed by atoms with Crippen LogP contribution in [0.2, 0.25) is 0 Å². The number of hydrogen-bond donors (Lipinski definition) is 0. The van der Waals surface area contributed by atoms with Crippen LogP contribution >= 0.6 is 0 Å². The van der Waals surface area contributed by atoms with Crippen LogP contribution in [-0.2, 0) is 4.79 Å². The van der Waals surface area contributed by atoms with Crippen molar-refractivity contribution >= 4 is 5.91 Å². The maximum Gasteiger partial charge on any atom is 0.260 e. The van der Waals surface area contributed by atoms with Gasteiger partial charge in [-0.05, 0) is 37.1 Å². The molecule has 7 nitrogen and oxygen atoms in total. The highest BCUT2D eigenvalue weighted by atomic mass is 19.1. The fourth-order valence-corrected chi connectivity index (χ4v) is 3.30. The summed E-state index contributed by atoms with van der Waals surface area (Å²) in [5.74, 6) is 0.879. The number of piperidine rings is 1. The number of benzene rings is 1. The molecule has 1 atom stereocenters. The zero-order chi connectivity index (χ0) is 19.3. The van der Waals surface area contributed by atoms with Crippen molar-refractivity contribution in [2.75, 3.05) is 19.7 Å². The van der Waals surface area contributed by atoms with Crippen LogP contribution in [0.4, 0.5) is 4.39 Å². The van der Waals surface area contributed by atoms with Crippen molar-refractivity contribution in [2.24, 2.45) is 0 Å². The van der Waals surface area contributed by atoms with Crippen molar-refractivity contribution < 1.29 is 13.9 Å². The minimum absolute atomic E-state index is 0.0703. The summed E-state index contributed by atoms with van der Waals surface area (Å²) >= 11 is 0. The molecule has 1 fully saturated rings. The highest BCUT2D eigenvalue weighted by Gasteiger charge is 2.26. The zero-order valence-electron chi connectivity index (χ0n) is 15.2. The van der Waals surface area contributed by atoms with Crippen LogP contribution in [0.25, 0.3) is 5.82 Å². The molecule has 2 aromatic heterocycles. The van der Waals surface area contributed by atoms with E-state index >= 15 is 0 Å². The second-order valence-corrected chi connectivity index (χ2v) is 6.69. The van der Waals surface area contributed by atoms with Gasteiger partial charge in [-0.1, -0.05) is 0 Å². The number of imidazole rings is 1. The summed E-state index contributed by atoms with van der Waals surface area (Å²) < 4.78 is 20.2. The maximum absolute atomic E-state index is 13.0. The molecule has 0 aliphatic carbocycles. The number of aromatic nitrogens is 4. The lowest BCUT2D eigenvalue weighted by Crippen LogP contribution is -2.41. The molecular weight excluding hydrogens is 361 g/mol. The smallest absolute Gasteiger partial charge is 0.260 e. The standard InChI is InChI=1S/C20H20FN5O2/c21-16-3-5-17(6-4-16)28-13-20(27)25-8-1-2-15(12-25)18-10-23-11-19(24-18)26-9-7-22-14-26/h3-7,9-11,14-15H,1-2,8,12-13H2. The summed E-state index contributed by atoms with van der Waals surface area (Å²) in [7, 11) is 0. The molecule has 1 aliphatic heterocycles. The van der Waals surface area contributed by atoms with Gasteiger partial charge >= 0.3 is 0 Å². The average molecular weight is 381 g/mol. The molecule has 3 heterocycles. The van der Waals surface area contributed by atoms with Gasteiger partial charge in [0.1, 0.15) is 17.9 Å². The number of rotatable bonds is 5. The summed E-state index contributed by atoms with van der Waals surface area (Å²) in [4.78, 5) is 27.4. The van der Waals surface area contributed by atoms with Gasteiger partial charge < -0.3 is 9.64 Å². The Kier molecular flexibility index (Phi) is 5.27. The third-order valence-corrected chi connectivity index (χ3v) is 4.78. The van der Waals surface area contributed by atoms with Crippen molar-refractivity contribution in [1.29, 1.82) is 0 Å². The van der Waals surface area contributed by atoms with Crippen LogP contribution in [0, 0.1) is 5.82 Å². The molecule has 1 amide bonds. The molecule has 0 radical (unpaired) electrons. The number of carbonyl (C=O) groups excluding carboxylic acids is 1. The van der Waals surface area contributed by atoms with E-state index in [9.17, 15) is 9.18 Å². The van der Waals surface area contributed by atoms with Gasteiger partial charge in [-0.2, -0.15) is 0 Å². The first-order valence-electron chi connectivity index (χ1n) is 9.15. The first-order chi connectivity index (χ1) is 13.7. The second kappa shape index (κ2) is 8.16. The molecule has 1 aromatic carbocycles. The predicted octanol–water partition coefficient (Wildman–Crippen LogP) is 2.59. The van der Waals surface area contributed by atoms with E-state index in [0.717, 1.165) is 18.5 Å². The number of halogens is 1. The highest BCUT2D eigenvalue weighted by Crippen LogP contribution is 2.26. The van der Waals surface area contributed by atoms with E-state index in [0.29, 0.717) is 24.7 Å². The summed E-state index contributed by atoms with van der Waals surface area (Å²) in [6, 6.07) is 5.64. The first-order valence-corrected chi connectivity index (χ1v) is 9.15. The summed E-state index contributed by atoms with van der Waals surface area (Å²) in [6.07, 6.45) is 10.5. The zero-order valence-corrected chi connectivity index (χ0v) is 15.2. The van der Waals surface area contributed by atoms with Gasteiger partial charge in [-0.3, -0.25) is 14.3 Å². The highest BCUT2D eigenvalue weighted by molar-refractivity contribution is 5.78. The van der Waals surface area contributed by atoms with Crippen LogP contribution in [0.15, 0.2) is 55.4 Å². The van der Waals surface area contributed by atoms with Crippen LogP contribution in [0.1, 0.15) is 24.5 Å². The number of carbonyl (C=O) groups is 1. The Hall–Kier alpha value is -3.29. The molecule has 28 heavy (non-hydrogen) atoms. The lowest BCUT2D eigenvalue weighted by atomic mass is 9.95. The number of ether oxygens (including phenoxy) is 1. The number of amides is 1. The third kappa shape index (κ3) is 4.16. The lowest BCUT2D eigenvalue weighted by molar-refractivity contribution is -0.134. The Morgan fingerprint density at radius 1 is 1.21 bits per heavy atom. The molecular formula is C20H20FN5O2. The van der Waals surface area contributed by atoms with Gasteiger partial charge in [0.25, 0.3) is 5.91 Å². The van der Waals surface area contributed by atoms with Gasteiger partial charge in [0, 0.05) is 37.6 Å². The fraction of sp³-hybridized carbons (Fsp3) is 0.300.